The van der Waals surface area contributed by atoms with Crippen molar-refractivity contribution >= 4 is 10.0 Å². The summed E-state index contributed by atoms with van der Waals surface area (Å²) in [5.74, 6) is 1.51. The van der Waals surface area contributed by atoms with Crippen LogP contribution in [0.2, 0.25) is 0 Å². The summed E-state index contributed by atoms with van der Waals surface area (Å²) in [6.07, 6.45) is 0. The molecule has 0 saturated heterocycles. The van der Waals surface area contributed by atoms with Crippen LogP contribution in [-0.4, -0.2) is 27.7 Å². The zero-order chi connectivity index (χ0) is 15.6. The predicted molar refractivity (Wildman–Crippen MR) is 81.2 cm³/mol. The highest BCUT2D eigenvalue weighted by molar-refractivity contribution is 7.89. The number of benzene rings is 1. The maximum absolute atomic E-state index is 12.5. The average Bonchev–Trinajstić information content (AvgIpc) is 2.43. The van der Waals surface area contributed by atoms with Gasteiger partial charge in [0.1, 0.15) is 13.2 Å². The first-order valence-corrected chi connectivity index (χ1v) is 8.71. The van der Waals surface area contributed by atoms with E-state index in [0.29, 0.717) is 24.7 Å². The van der Waals surface area contributed by atoms with Crippen LogP contribution in [0.3, 0.4) is 0 Å². The van der Waals surface area contributed by atoms with Crippen molar-refractivity contribution in [1.29, 1.82) is 0 Å². The molecular weight excluding hydrogens is 290 g/mol. The average molecular weight is 313 g/mol. The largest absolute Gasteiger partial charge is 0.486 e. The SMILES string of the molecule is CC(C)C(NS(=O)(=O)c1ccc2c(c1)OCCO2)C(C)C. The van der Waals surface area contributed by atoms with E-state index in [9.17, 15) is 8.42 Å². The molecule has 0 fully saturated rings. The number of hydrogen-bond acceptors (Lipinski definition) is 4. The fourth-order valence-corrected chi connectivity index (χ4v) is 4.03. The van der Waals surface area contributed by atoms with Gasteiger partial charge in [-0.25, -0.2) is 13.1 Å². The van der Waals surface area contributed by atoms with Gasteiger partial charge in [-0.05, 0) is 24.0 Å². The van der Waals surface area contributed by atoms with E-state index in [2.05, 4.69) is 4.72 Å². The Balaban J connectivity index is 2.27. The van der Waals surface area contributed by atoms with Gasteiger partial charge >= 0.3 is 0 Å². The molecular formula is C15H23NO4S. The number of sulfonamides is 1. The Morgan fingerprint density at radius 2 is 1.57 bits per heavy atom. The van der Waals surface area contributed by atoms with Crippen molar-refractivity contribution in [3.05, 3.63) is 18.2 Å². The van der Waals surface area contributed by atoms with Gasteiger partial charge in [0.15, 0.2) is 11.5 Å². The molecule has 0 amide bonds. The van der Waals surface area contributed by atoms with E-state index in [-0.39, 0.29) is 22.8 Å². The molecule has 6 heteroatoms. The van der Waals surface area contributed by atoms with Gasteiger partial charge in [-0.15, -0.1) is 0 Å². The van der Waals surface area contributed by atoms with E-state index in [4.69, 9.17) is 9.47 Å². The van der Waals surface area contributed by atoms with Crippen LogP contribution >= 0.6 is 0 Å². The summed E-state index contributed by atoms with van der Waals surface area (Å²) in [6, 6.07) is 4.61. The quantitative estimate of drug-likeness (QED) is 0.906. The molecule has 1 heterocycles. The van der Waals surface area contributed by atoms with Crippen LogP contribution in [0.1, 0.15) is 27.7 Å². The van der Waals surface area contributed by atoms with Gasteiger partial charge in [0.25, 0.3) is 0 Å². The highest BCUT2D eigenvalue weighted by atomic mass is 32.2. The Bertz CT molecular complexity index is 588. The topological polar surface area (TPSA) is 64.6 Å². The van der Waals surface area contributed by atoms with Gasteiger partial charge in [0.05, 0.1) is 4.90 Å². The molecule has 0 spiro atoms. The molecule has 0 saturated carbocycles. The van der Waals surface area contributed by atoms with Crippen LogP contribution in [0.4, 0.5) is 0 Å². The summed E-state index contributed by atoms with van der Waals surface area (Å²) in [5.41, 5.74) is 0. The van der Waals surface area contributed by atoms with Gasteiger partial charge in [-0.2, -0.15) is 0 Å². The minimum atomic E-state index is -3.57. The molecule has 0 unspecified atom stereocenters. The Morgan fingerprint density at radius 1 is 1.00 bits per heavy atom. The summed E-state index contributed by atoms with van der Waals surface area (Å²) < 4.78 is 38.7. The normalized spacial score (nSPS) is 15.0. The summed E-state index contributed by atoms with van der Waals surface area (Å²) in [7, 11) is -3.57. The highest BCUT2D eigenvalue weighted by Crippen LogP contribution is 2.32. The van der Waals surface area contributed by atoms with Crippen molar-refractivity contribution in [1.82, 2.24) is 4.72 Å². The maximum Gasteiger partial charge on any atom is 0.240 e. The van der Waals surface area contributed by atoms with Crippen LogP contribution in [-0.2, 0) is 10.0 Å². The summed E-state index contributed by atoms with van der Waals surface area (Å²) in [4.78, 5) is 0.207. The lowest BCUT2D eigenvalue weighted by molar-refractivity contribution is 0.171. The zero-order valence-corrected chi connectivity index (χ0v) is 13.7. The number of ether oxygens (including phenoxy) is 2. The van der Waals surface area contributed by atoms with Crippen molar-refractivity contribution in [2.24, 2.45) is 11.8 Å². The van der Waals surface area contributed by atoms with Gasteiger partial charge < -0.3 is 9.47 Å². The Kier molecular flexibility index (Phi) is 4.78. The molecule has 5 nitrogen and oxygen atoms in total. The van der Waals surface area contributed by atoms with E-state index in [1.54, 1.807) is 12.1 Å². The molecule has 0 bridgehead atoms. The van der Waals surface area contributed by atoms with E-state index < -0.39 is 10.0 Å². The van der Waals surface area contributed by atoms with Crippen molar-refractivity contribution in [3.8, 4) is 11.5 Å². The molecule has 1 aromatic carbocycles. The first-order valence-electron chi connectivity index (χ1n) is 7.23. The fourth-order valence-electron chi connectivity index (χ4n) is 2.48. The number of hydrogen-bond donors (Lipinski definition) is 1. The molecule has 1 aliphatic heterocycles. The van der Waals surface area contributed by atoms with E-state index >= 15 is 0 Å². The molecule has 2 rings (SSSR count). The van der Waals surface area contributed by atoms with Crippen LogP contribution in [0, 0.1) is 11.8 Å². The third-order valence-corrected chi connectivity index (χ3v) is 5.01. The second-order valence-corrected chi connectivity index (χ2v) is 7.65. The molecule has 1 aliphatic rings. The molecule has 0 aromatic heterocycles. The highest BCUT2D eigenvalue weighted by Gasteiger charge is 2.26. The van der Waals surface area contributed by atoms with Crippen LogP contribution in [0.5, 0.6) is 11.5 Å². The molecule has 0 atom stereocenters. The van der Waals surface area contributed by atoms with Crippen molar-refractivity contribution in [2.45, 2.75) is 38.6 Å². The molecule has 118 valence electrons. The number of nitrogens with one attached hydrogen (secondary N) is 1. The van der Waals surface area contributed by atoms with Crippen molar-refractivity contribution in [3.63, 3.8) is 0 Å². The molecule has 0 aliphatic carbocycles. The number of rotatable bonds is 5. The van der Waals surface area contributed by atoms with Gasteiger partial charge in [0, 0.05) is 12.1 Å². The minimum absolute atomic E-state index is 0.108. The van der Waals surface area contributed by atoms with Gasteiger partial charge in [-0.3, -0.25) is 0 Å². The molecule has 1 aromatic rings. The predicted octanol–water partition coefficient (Wildman–Crippen LogP) is 2.42. The lowest BCUT2D eigenvalue weighted by Gasteiger charge is -2.26. The standard InChI is InChI=1S/C15H23NO4S/c1-10(2)15(11(3)4)16-21(17,18)12-5-6-13-14(9-12)20-8-7-19-13/h5-6,9-11,15-16H,7-8H2,1-4H3. The first-order chi connectivity index (χ1) is 9.81. The van der Waals surface area contributed by atoms with Crippen LogP contribution in [0.15, 0.2) is 23.1 Å². The summed E-state index contributed by atoms with van der Waals surface area (Å²) >= 11 is 0. The van der Waals surface area contributed by atoms with E-state index in [0.717, 1.165) is 0 Å². The van der Waals surface area contributed by atoms with Crippen molar-refractivity contribution < 1.29 is 17.9 Å². The molecule has 21 heavy (non-hydrogen) atoms. The Labute approximate surface area is 126 Å². The van der Waals surface area contributed by atoms with Gasteiger partial charge in [-0.1, -0.05) is 27.7 Å². The van der Waals surface area contributed by atoms with Gasteiger partial charge in [0.2, 0.25) is 10.0 Å². The molecule has 1 N–H and O–H groups in total. The summed E-state index contributed by atoms with van der Waals surface area (Å²) in [6.45, 7) is 8.96. The van der Waals surface area contributed by atoms with Crippen LogP contribution in [0.25, 0.3) is 0 Å². The lowest BCUT2D eigenvalue weighted by atomic mass is 9.94. The van der Waals surface area contributed by atoms with E-state index in [1.807, 2.05) is 27.7 Å². The van der Waals surface area contributed by atoms with Crippen molar-refractivity contribution in [2.75, 3.05) is 13.2 Å². The third-order valence-electron chi connectivity index (χ3n) is 3.55. The Morgan fingerprint density at radius 3 is 2.14 bits per heavy atom. The summed E-state index contributed by atoms with van der Waals surface area (Å²) in [5, 5.41) is 0. The maximum atomic E-state index is 12.5. The van der Waals surface area contributed by atoms with Crippen LogP contribution < -0.4 is 14.2 Å². The second-order valence-electron chi connectivity index (χ2n) is 5.94. The monoisotopic (exact) mass is 313 g/mol. The van der Waals surface area contributed by atoms with E-state index in [1.165, 1.54) is 6.07 Å². The smallest absolute Gasteiger partial charge is 0.240 e. The Hall–Kier alpha value is -1.27. The second kappa shape index (κ2) is 6.23. The zero-order valence-electron chi connectivity index (χ0n) is 12.9. The number of fused-ring (bicyclic) bond motifs is 1. The molecule has 0 radical (unpaired) electrons. The lowest BCUT2D eigenvalue weighted by Crippen LogP contribution is -2.42. The minimum Gasteiger partial charge on any atom is -0.486 e. The fraction of sp³-hybridized carbons (Fsp3) is 0.600. The first kappa shape index (κ1) is 16.1. The third kappa shape index (κ3) is 3.68.